The predicted molar refractivity (Wildman–Crippen MR) is 108 cm³/mol. The molecule has 0 aliphatic carbocycles. The van der Waals surface area contributed by atoms with E-state index in [0.29, 0.717) is 0 Å². The lowest BCUT2D eigenvalue weighted by molar-refractivity contribution is 0.00953. The molecule has 1 aromatic heterocycles. The van der Waals surface area contributed by atoms with Gasteiger partial charge >= 0.3 is 6.09 Å². The Morgan fingerprint density at radius 2 is 2.07 bits per heavy atom. The fraction of sp³-hybridized carbons (Fsp3) is 0.619. The molecular weight excluding hydrogens is 340 g/mol. The molecule has 0 radical (unpaired) electrons. The van der Waals surface area contributed by atoms with Crippen molar-refractivity contribution in [3.63, 3.8) is 0 Å². The number of likely N-dealkylation sites (tertiary alicyclic amines) is 1. The molecule has 148 valence electrons. The molecule has 1 atom stereocenters. The Kier molecular flexibility index (Phi) is 5.75. The number of benzene rings is 1. The smallest absolute Gasteiger partial charge is 0.410 e. The predicted octanol–water partition coefficient (Wildman–Crippen LogP) is 4.06. The third-order valence-electron chi connectivity index (χ3n) is 4.87. The Hall–Kier alpha value is -2.08. The third kappa shape index (κ3) is 5.01. The molecule has 1 aromatic carbocycles. The van der Waals surface area contributed by atoms with Crippen LogP contribution in [-0.4, -0.2) is 58.5 Å². The number of likely N-dealkylation sites (N-methyl/N-ethyl adjacent to an activating group) is 1. The van der Waals surface area contributed by atoms with E-state index < -0.39 is 5.60 Å². The number of fused-ring (bicyclic) bond motifs is 1. The van der Waals surface area contributed by atoms with Crippen LogP contribution in [0.3, 0.4) is 0 Å². The average molecular weight is 373 g/mol. The molecule has 3 rings (SSSR count). The van der Waals surface area contributed by atoms with Gasteiger partial charge in [-0.3, -0.25) is 4.68 Å². The zero-order chi connectivity index (χ0) is 19.6. The Balaban J connectivity index is 1.82. The zero-order valence-electron chi connectivity index (χ0n) is 17.2. The van der Waals surface area contributed by atoms with Gasteiger partial charge in [0, 0.05) is 24.7 Å². The van der Waals surface area contributed by atoms with E-state index in [-0.39, 0.29) is 12.1 Å². The van der Waals surface area contributed by atoms with Gasteiger partial charge in [-0.15, -0.1) is 0 Å². The molecule has 0 saturated carbocycles. The second kappa shape index (κ2) is 7.89. The summed E-state index contributed by atoms with van der Waals surface area (Å²) >= 11 is 0. The van der Waals surface area contributed by atoms with E-state index in [2.05, 4.69) is 48.5 Å². The summed E-state index contributed by atoms with van der Waals surface area (Å²) in [7, 11) is 4.13. The van der Waals surface area contributed by atoms with Crippen molar-refractivity contribution < 1.29 is 9.53 Å². The van der Waals surface area contributed by atoms with Gasteiger partial charge in [0.25, 0.3) is 0 Å². The molecule has 0 N–H and O–H groups in total. The van der Waals surface area contributed by atoms with Crippen molar-refractivity contribution in [3.8, 4) is 0 Å². The number of amides is 1. The second-order valence-electron chi connectivity index (χ2n) is 8.70. The molecule has 0 spiro atoms. The average Bonchev–Trinajstić information content (AvgIpc) is 3.00. The van der Waals surface area contributed by atoms with Gasteiger partial charge in [0.15, 0.2) is 0 Å². The largest absolute Gasteiger partial charge is 0.444 e. The first kappa shape index (κ1) is 19.7. The first-order valence-corrected chi connectivity index (χ1v) is 9.84. The summed E-state index contributed by atoms with van der Waals surface area (Å²) in [6.45, 7) is 8.31. The van der Waals surface area contributed by atoms with Crippen LogP contribution in [0.2, 0.25) is 0 Å². The molecule has 1 saturated heterocycles. The summed E-state index contributed by atoms with van der Waals surface area (Å²) in [5, 5.41) is 5.78. The molecule has 0 bridgehead atoms. The van der Waals surface area contributed by atoms with Gasteiger partial charge in [0.1, 0.15) is 5.60 Å². The number of carbonyl (C=O) groups excluding carboxylic acids is 1. The zero-order valence-corrected chi connectivity index (χ0v) is 17.2. The fourth-order valence-corrected chi connectivity index (χ4v) is 3.54. The van der Waals surface area contributed by atoms with Crippen molar-refractivity contribution >= 4 is 17.0 Å². The van der Waals surface area contributed by atoms with Crippen LogP contribution in [0.4, 0.5) is 4.79 Å². The maximum absolute atomic E-state index is 12.7. The van der Waals surface area contributed by atoms with E-state index in [1.54, 1.807) is 0 Å². The van der Waals surface area contributed by atoms with E-state index in [0.717, 1.165) is 49.8 Å². The minimum atomic E-state index is -0.476. The van der Waals surface area contributed by atoms with Crippen LogP contribution in [-0.2, 0) is 11.3 Å². The van der Waals surface area contributed by atoms with Gasteiger partial charge in [0.2, 0.25) is 0 Å². The Morgan fingerprint density at radius 3 is 2.78 bits per heavy atom. The number of piperidine rings is 1. The van der Waals surface area contributed by atoms with Gasteiger partial charge in [-0.05, 0) is 71.8 Å². The number of rotatable bonds is 4. The number of nitrogens with zero attached hydrogens (tertiary/aromatic N) is 4. The Bertz CT molecular complexity index is 791. The number of hydrogen-bond acceptors (Lipinski definition) is 4. The minimum absolute atomic E-state index is 0.0723. The van der Waals surface area contributed by atoms with Crippen LogP contribution in [0.15, 0.2) is 24.4 Å². The van der Waals surface area contributed by atoms with Gasteiger partial charge in [0.05, 0.1) is 18.1 Å². The quantitative estimate of drug-likeness (QED) is 0.812. The van der Waals surface area contributed by atoms with Crippen LogP contribution >= 0.6 is 0 Å². The summed E-state index contributed by atoms with van der Waals surface area (Å²) in [5.74, 6) is 0. The van der Waals surface area contributed by atoms with Gasteiger partial charge in [-0.25, -0.2) is 4.79 Å². The first-order valence-electron chi connectivity index (χ1n) is 9.84. The van der Waals surface area contributed by atoms with Gasteiger partial charge in [-0.1, -0.05) is 6.07 Å². The lowest BCUT2D eigenvalue weighted by atomic mass is 9.95. The highest BCUT2D eigenvalue weighted by molar-refractivity contribution is 5.79. The van der Waals surface area contributed by atoms with Gasteiger partial charge < -0.3 is 14.5 Å². The molecule has 2 aromatic rings. The van der Waals surface area contributed by atoms with Gasteiger partial charge in [-0.2, -0.15) is 5.10 Å². The standard InChI is InChI=1S/C21H32N4O2/c1-21(2,3)27-20(26)25-11-7-6-8-19(25)16-9-10-18-17(14-16)15-24(22-18)13-12-23(4)5/h9-10,14-15,19H,6-8,11-13H2,1-5H3/t19-/m0/s1. The lowest BCUT2D eigenvalue weighted by Crippen LogP contribution is -2.41. The highest BCUT2D eigenvalue weighted by Crippen LogP contribution is 2.33. The summed E-state index contributed by atoms with van der Waals surface area (Å²) < 4.78 is 7.64. The second-order valence-corrected chi connectivity index (χ2v) is 8.70. The third-order valence-corrected chi connectivity index (χ3v) is 4.87. The first-order chi connectivity index (χ1) is 12.7. The Morgan fingerprint density at radius 1 is 1.30 bits per heavy atom. The van der Waals surface area contributed by atoms with Crippen molar-refractivity contribution in [1.82, 2.24) is 19.6 Å². The molecule has 1 aliphatic heterocycles. The molecule has 0 unspecified atom stereocenters. The van der Waals surface area contributed by atoms with Crippen molar-refractivity contribution in [2.75, 3.05) is 27.2 Å². The van der Waals surface area contributed by atoms with Crippen molar-refractivity contribution in [2.24, 2.45) is 0 Å². The summed E-state index contributed by atoms with van der Waals surface area (Å²) in [4.78, 5) is 16.7. The maximum Gasteiger partial charge on any atom is 0.410 e. The number of aromatic nitrogens is 2. The molecule has 6 heteroatoms. The highest BCUT2D eigenvalue weighted by Gasteiger charge is 2.31. The SMILES string of the molecule is CN(C)CCn1cc2cc([C@@H]3CCCCN3C(=O)OC(C)(C)C)ccc2n1. The monoisotopic (exact) mass is 372 g/mol. The van der Waals surface area contributed by atoms with E-state index in [1.165, 1.54) is 5.56 Å². The number of ether oxygens (including phenoxy) is 1. The molecule has 1 fully saturated rings. The topological polar surface area (TPSA) is 50.6 Å². The maximum atomic E-state index is 12.7. The Labute approximate surface area is 162 Å². The van der Waals surface area contributed by atoms with E-state index in [1.807, 2.05) is 30.4 Å². The summed E-state index contributed by atoms with van der Waals surface area (Å²) in [6.07, 6.45) is 5.02. The van der Waals surface area contributed by atoms with E-state index >= 15 is 0 Å². The van der Waals surface area contributed by atoms with Crippen molar-refractivity contribution in [3.05, 3.63) is 30.0 Å². The van der Waals surface area contributed by atoms with Crippen LogP contribution in [0, 0.1) is 0 Å². The normalized spacial score (nSPS) is 18.3. The molecule has 6 nitrogen and oxygen atoms in total. The molecule has 1 amide bonds. The minimum Gasteiger partial charge on any atom is -0.444 e. The number of carbonyl (C=O) groups is 1. The van der Waals surface area contributed by atoms with Crippen LogP contribution in [0.25, 0.3) is 10.9 Å². The summed E-state index contributed by atoms with van der Waals surface area (Å²) in [5.41, 5.74) is 1.69. The molecular formula is C21H32N4O2. The van der Waals surface area contributed by atoms with Crippen LogP contribution in [0.5, 0.6) is 0 Å². The molecule has 1 aliphatic rings. The molecule has 27 heavy (non-hydrogen) atoms. The summed E-state index contributed by atoms with van der Waals surface area (Å²) in [6, 6.07) is 6.43. The van der Waals surface area contributed by atoms with Crippen LogP contribution < -0.4 is 0 Å². The van der Waals surface area contributed by atoms with Crippen molar-refractivity contribution in [2.45, 2.75) is 58.2 Å². The van der Waals surface area contributed by atoms with Crippen LogP contribution in [0.1, 0.15) is 51.6 Å². The number of hydrogen-bond donors (Lipinski definition) is 0. The highest BCUT2D eigenvalue weighted by atomic mass is 16.6. The fourth-order valence-electron chi connectivity index (χ4n) is 3.54. The molecule has 2 heterocycles. The van der Waals surface area contributed by atoms with E-state index in [9.17, 15) is 4.79 Å². The van der Waals surface area contributed by atoms with Crippen molar-refractivity contribution in [1.29, 1.82) is 0 Å². The van der Waals surface area contributed by atoms with E-state index in [4.69, 9.17) is 4.74 Å². The lowest BCUT2D eigenvalue weighted by Gasteiger charge is -2.37.